The fourth-order valence-electron chi connectivity index (χ4n) is 2.04. The highest BCUT2D eigenvalue weighted by molar-refractivity contribution is 5.89. The SMILES string of the molecule is O=C1OCCC2CCCCC=C12. The smallest absolute Gasteiger partial charge is 0.333 e. The van der Waals surface area contributed by atoms with Crippen LogP contribution in [0.5, 0.6) is 0 Å². The van der Waals surface area contributed by atoms with Gasteiger partial charge in [0.15, 0.2) is 0 Å². The number of esters is 1. The third kappa shape index (κ3) is 1.38. The molecule has 1 fully saturated rings. The van der Waals surface area contributed by atoms with Crippen molar-refractivity contribution in [2.24, 2.45) is 5.92 Å². The number of ether oxygens (including phenoxy) is 1. The molecule has 0 bridgehead atoms. The van der Waals surface area contributed by atoms with Crippen molar-refractivity contribution in [3.8, 4) is 0 Å². The molecule has 1 atom stereocenters. The van der Waals surface area contributed by atoms with Crippen molar-refractivity contribution >= 4 is 5.97 Å². The number of allylic oxidation sites excluding steroid dienone is 1. The maximum absolute atomic E-state index is 11.3. The Bertz CT molecular complexity index is 218. The maximum atomic E-state index is 11.3. The summed E-state index contributed by atoms with van der Waals surface area (Å²) in [6.45, 7) is 0.626. The summed E-state index contributed by atoms with van der Waals surface area (Å²) in [4.78, 5) is 11.3. The van der Waals surface area contributed by atoms with Gasteiger partial charge in [0.05, 0.1) is 6.61 Å². The lowest BCUT2D eigenvalue weighted by Crippen LogP contribution is -2.23. The molecule has 0 spiro atoms. The predicted molar refractivity (Wildman–Crippen MR) is 45.6 cm³/mol. The minimum absolute atomic E-state index is 0.0619. The topological polar surface area (TPSA) is 26.3 Å². The number of hydrogen-bond donors (Lipinski definition) is 0. The Balaban J connectivity index is 2.18. The molecule has 2 nitrogen and oxygen atoms in total. The zero-order chi connectivity index (χ0) is 8.39. The summed E-state index contributed by atoms with van der Waals surface area (Å²) >= 11 is 0. The van der Waals surface area contributed by atoms with E-state index in [2.05, 4.69) is 6.08 Å². The second kappa shape index (κ2) is 3.30. The van der Waals surface area contributed by atoms with Gasteiger partial charge in [-0.05, 0) is 31.6 Å². The van der Waals surface area contributed by atoms with Gasteiger partial charge in [-0.15, -0.1) is 0 Å². The van der Waals surface area contributed by atoms with Gasteiger partial charge in [0, 0.05) is 5.57 Å². The molecule has 0 radical (unpaired) electrons. The van der Waals surface area contributed by atoms with Crippen LogP contribution in [0.4, 0.5) is 0 Å². The van der Waals surface area contributed by atoms with E-state index in [1.165, 1.54) is 19.3 Å². The second-order valence-corrected chi connectivity index (χ2v) is 3.57. The second-order valence-electron chi connectivity index (χ2n) is 3.57. The normalized spacial score (nSPS) is 29.8. The predicted octanol–water partition coefficient (Wildman–Crippen LogP) is 2.05. The van der Waals surface area contributed by atoms with E-state index in [0.29, 0.717) is 12.5 Å². The molecular formula is C10H14O2. The molecule has 0 aromatic rings. The van der Waals surface area contributed by atoms with Crippen LogP contribution < -0.4 is 0 Å². The summed E-state index contributed by atoms with van der Waals surface area (Å²) in [7, 11) is 0. The van der Waals surface area contributed by atoms with Crippen LogP contribution in [0.1, 0.15) is 32.1 Å². The quantitative estimate of drug-likeness (QED) is 0.515. The summed E-state index contributed by atoms with van der Waals surface area (Å²) in [6, 6.07) is 0. The molecule has 1 aliphatic carbocycles. The first kappa shape index (κ1) is 7.84. The molecule has 66 valence electrons. The van der Waals surface area contributed by atoms with Crippen LogP contribution in [0, 0.1) is 5.92 Å². The molecule has 0 aromatic heterocycles. The number of rotatable bonds is 0. The van der Waals surface area contributed by atoms with E-state index in [-0.39, 0.29) is 5.97 Å². The largest absolute Gasteiger partial charge is 0.462 e. The van der Waals surface area contributed by atoms with Crippen LogP contribution >= 0.6 is 0 Å². The van der Waals surface area contributed by atoms with Crippen LogP contribution in [0.3, 0.4) is 0 Å². The number of fused-ring (bicyclic) bond motifs is 1. The van der Waals surface area contributed by atoms with Gasteiger partial charge in [0.1, 0.15) is 0 Å². The molecule has 12 heavy (non-hydrogen) atoms. The highest BCUT2D eigenvalue weighted by atomic mass is 16.5. The molecule has 0 amide bonds. The van der Waals surface area contributed by atoms with Crippen molar-refractivity contribution in [3.05, 3.63) is 11.6 Å². The molecule has 0 saturated carbocycles. The van der Waals surface area contributed by atoms with E-state index >= 15 is 0 Å². The molecule has 2 aliphatic rings. The Morgan fingerprint density at radius 2 is 2.25 bits per heavy atom. The van der Waals surface area contributed by atoms with Crippen LogP contribution in [0.25, 0.3) is 0 Å². The first-order chi connectivity index (χ1) is 5.88. The number of hydrogen-bond acceptors (Lipinski definition) is 2. The van der Waals surface area contributed by atoms with Crippen LogP contribution in [0.15, 0.2) is 11.6 Å². The first-order valence-corrected chi connectivity index (χ1v) is 4.75. The monoisotopic (exact) mass is 166 g/mol. The first-order valence-electron chi connectivity index (χ1n) is 4.75. The van der Waals surface area contributed by atoms with Crippen molar-refractivity contribution in [1.82, 2.24) is 0 Å². The molecule has 1 aliphatic heterocycles. The molecule has 1 saturated heterocycles. The number of carbonyl (C=O) groups is 1. The third-order valence-electron chi connectivity index (χ3n) is 2.75. The van der Waals surface area contributed by atoms with Gasteiger partial charge in [0.25, 0.3) is 0 Å². The Kier molecular flexibility index (Phi) is 2.15. The van der Waals surface area contributed by atoms with Crippen LogP contribution in [0.2, 0.25) is 0 Å². The Morgan fingerprint density at radius 3 is 3.17 bits per heavy atom. The zero-order valence-electron chi connectivity index (χ0n) is 7.21. The van der Waals surface area contributed by atoms with Gasteiger partial charge in [-0.2, -0.15) is 0 Å². The van der Waals surface area contributed by atoms with Crippen molar-refractivity contribution < 1.29 is 9.53 Å². The van der Waals surface area contributed by atoms with E-state index in [0.717, 1.165) is 18.4 Å². The standard InChI is InChI=1S/C10H14O2/c11-10-9-5-3-1-2-4-8(9)6-7-12-10/h5,8H,1-4,6-7H2. The fourth-order valence-corrected chi connectivity index (χ4v) is 2.04. The molecular weight excluding hydrogens is 152 g/mol. The molecule has 1 heterocycles. The summed E-state index contributed by atoms with van der Waals surface area (Å²) in [5.74, 6) is 0.446. The van der Waals surface area contributed by atoms with Gasteiger partial charge in [-0.25, -0.2) is 4.79 Å². The number of cyclic esters (lactones) is 1. The summed E-state index contributed by atoms with van der Waals surface area (Å²) < 4.78 is 5.00. The van der Waals surface area contributed by atoms with Gasteiger partial charge in [-0.3, -0.25) is 0 Å². The molecule has 0 aromatic carbocycles. The minimum atomic E-state index is -0.0619. The van der Waals surface area contributed by atoms with Crippen LogP contribution in [-0.2, 0) is 9.53 Å². The fraction of sp³-hybridized carbons (Fsp3) is 0.700. The van der Waals surface area contributed by atoms with Crippen LogP contribution in [-0.4, -0.2) is 12.6 Å². The van der Waals surface area contributed by atoms with Crippen molar-refractivity contribution in [2.45, 2.75) is 32.1 Å². The van der Waals surface area contributed by atoms with E-state index in [1.54, 1.807) is 0 Å². The summed E-state index contributed by atoms with van der Waals surface area (Å²) in [5.41, 5.74) is 0.957. The summed E-state index contributed by atoms with van der Waals surface area (Å²) in [6.07, 6.45) is 7.85. The van der Waals surface area contributed by atoms with Gasteiger partial charge in [-0.1, -0.05) is 12.5 Å². The zero-order valence-corrected chi connectivity index (χ0v) is 7.21. The minimum Gasteiger partial charge on any atom is -0.462 e. The maximum Gasteiger partial charge on any atom is 0.333 e. The summed E-state index contributed by atoms with van der Waals surface area (Å²) in [5, 5.41) is 0. The Labute approximate surface area is 72.6 Å². The Hall–Kier alpha value is -0.790. The van der Waals surface area contributed by atoms with E-state index in [9.17, 15) is 4.79 Å². The van der Waals surface area contributed by atoms with Crippen molar-refractivity contribution in [2.75, 3.05) is 6.61 Å². The average Bonchev–Trinajstić information content (AvgIpc) is 2.30. The van der Waals surface area contributed by atoms with E-state index in [4.69, 9.17) is 4.74 Å². The van der Waals surface area contributed by atoms with Crippen molar-refractivity contribution in [1.29, 1.82) is 0 Å². The van der Waals surface area contributed by atoms with Gasteiger partial charge >= 0.3 is 5.97 Å². The Morgan fingerprint density at radius 1 is 1.33 bits per heavy atom. The molecule has 2 rings (SSSR count). The van der Waals surface area contributed by atoms with Crippen molar-refractivity contribution in [3.63, 3.8) is 0 Å². The number of carbonyl (C=O) groups excluding carboxylic acids is 1. The van der Waals surface area contributed by atoms with Gasteiger partial charge < -0.3 is 4.74 Å². The lowest BCUT2D eigenvalue weighted by atomic mass is 9.91. The van der Waals surface area contributed by atoms with Gasteiger partial charge in [0.2, 0.25) is 0 Å². The average molecular weight is 166 g/mol. The third-order valence-corrected chi connectivity index (χ3v) is 2.75. The van der Waals surface area contributed by atoms with E-state index in [1.807, 2.05) is 0 Å². The highest BCUT2D eigenvalue weighted by Gasteiger charge is 2.27. The lowest BCUT2D eigenvalue weighted by Gasteiger charge is -2.22. The molecule has 1 unspecified atom stereocenters. The van der Waals surface area contributed by atoms with E-state index < -0.39 is 0 Å². The lowest BCUT2D eigenvalue weighted by molar-refractivity contribution is -0.142. The molecule has 0 N–H and O–H groups in total. The highest BCUT2D eigenvalue weighted by Crippen LogP contribution is 2.30. The molecule has 2 heteroatoms.